The highest BCUT2D eigenvalue weighted by atomic mass is 16.6. The van der Waals surface area contributed by atoms with Gasteiger partial charge in [0.05, 0.1) is 0 Å². The van der Waals surface area contributed by atoms with Crippen molar-refractivity contribution in [2.45, 2.75) is 32.1 Å². The van der Waals surface area contributed by atoms with E-state index in [0.29, 0.717) is 19.1 Å². The second-order valence-corrected chi connectivity index (χ2v) is 10.7. The number of pyridine rings is 1. The number of nitrogens with zero attached hydrogens (tertiary/aromatic N) is 1. The number of aryl methyl sites for hydroxylation is 1. The summed E-state index contributed by atoms with van der Waals surface area (Å²) in [7, 11) is 0. The molecule has 6 rings (SSSR count). The molecule has 2 aliphatic rings. The highest BCUT2D eigenvalue weighted by Crippen LogP contribution is 2.42. The van der Waals surface area contributed by atoms with Crippen LogP contribution >= 0.6 is 0 Å². The van der Waals surface area contributed by atoms with Gasteiger partial charge in [-0.2, -0.15) is 0 Å². The van der Waals surface area contributed by atoms with E-state index in [0.717, 1.165) is 66.9 Å². The van der Waals surface area contributed by atoms with Crippen LogP contribution in [0.2, 0.25) is 0 Å². The van der Waals surface area contributed by atoms with E-state index in [1.54, 1.807) is 0 Å². The fourth-order valence-corrected chi connectivity index (χ4v) is 6.09. The number of ether oxygens (including phenoxy) is 2. The van der Waals surface area contributed by atoms with E-state index >= 15 is 0 Å². The van der Waals surface area contributed by atoms with Gasteiger partial charge in [-0.25, -0.2) is 0 Å². The van der Waals surface area contributed by atoms with Gasteiger partial charge < -0.3 is 14.5 Å². The Bertz CT molecular complexity index is 1520. The largest absolute Gasteiger partial charge is 0.486 e. The second-order valence-electron chi connectivity index (χ2n) is 10.7. The topological polar surface area (TPSA) is 54.6 Å². The van der Waals surface area contributed by atoms with Gasteiger partial charge in [0.25, 0.3) is 5.56 Å². The summed E-state index contributed by atoms with van der Waals surface area (Å²) in [6.45, 7) is 6.33. The summed E-state index contributed by atoms with van der Waals surface area (Å²) < 4.78 is 11.8. The number of hydrogen-bond donors (Lipinski definition) is 1. The maximum Gasteiger partial charge on any atom is 0.251 e. The summed E-state index contributed by atoms with van der Waals surface area (Å²) in [6.07, 6.45) is 7.47. The molecule has 0 amide bonds. The number of H-pyrrole nitrogens is 1. The van der Waals surface area contributed by atoms with E-state index in [9.17, 15) is 4.79 Å². The molecule has 5 heteroatoms. The van der Waals surface area contributed by atoms with Gasteiger partial charge in [0.15, 0.2) is 11.5 Å². The Labute approximate surface area is 230 Å². The monoisotopic (exact) mass is 520 g/mol. The molecule has 39 heavy (non-hydrogen) atoms. The number of fused-ring (bicyclic) bond motifs is 2. The van der Waals surface area contributed by atoms with Gasteiger partial charge in [0.1, 0.15) is 13.2 Å². The Balaban J connectivity index is 1.27. The lowest BCUT2D eigenvalue weighted by Gasteiger charge is -2.36. The van der Waals surface area contributed by atoms with Crippen LogP contribution in [-0.4, -0.2) is 42.7 Å². The molecule has 2 aliphatic heterocycles. The number of likely N-dealkylation sites (tertiary alicyclic amines) is 1. The number of piperidine rings is 1. The van der Waals surface area contributed by atoms with Crippen molar-refractivity contribution in [1.29, 1.82) is 0 Å². The normalized spacial score (nSPS) is 17.1. The first-order chi connectivity index (χ1) is 19.2. The van der Waals surface area contributed by atoms with E-state index in [2.05, 4.69) is 94.8 Å². The zero-order valence-corrected chi connectivity index (χ0v) is 22.6. The smallest absolute Gasteiger partial charge is 0.251 e. The predicted octanol–water partition coefficient (Wildman–Crippen LogP) is 6.42. The van der Waals surface area contributed by atoms with Gasteiger partial charge in [-0.15, -0.1) is 0 Å². The third kappa shape index (κ3) is 5.64. The van der Waals surface area contributed by atoms with Crippen molar-refractivity contribution in [2.75, 3.05) is 32.8 Å². The molecule has 3 heterocycles. The summed E-state index contributed by atoms with van der Waals surface area (Å²) in [5.41, 5.74) is 5.52. The standard InChI is InChI=1S/C34H36N2O3/c1-2-25-21-29-22-27(10-12-30(29)35-34(25)37)33(28-11-13-31-32(23-28)39-20-19-38-31)26-14-17-36(18-15-26)16-6-9-24-7-4-3-5-8-24/h3-13,21-23,26,33H,2,14-20H2,1H3,(H,35,37). The van der Waals surface area contributed by atoms with Crippen molar-refractivity contribution in [3.8, 4) is 11.5 Å². The van der Waals surface area contributed by atoms with E-state index in [1.165, 1.54) is 16.7 Å². The van der Waals surface area contributed by atoms with Gasteiger partial charge >= 0.3 is 0 Å². The van der Waals surface area contributed by atoms with Crippen LogP contribution in [0.25, 0.3) is 17.0 Å². The zero-order chi connectivity index (χ0) is 26.6. The molecule has 1 fully saturated rings. The lowest BCUT2D eigenvalue weighted by atomic mass is 9.75. The SMILES string of the molecule is CCc1cc2cc(C(c3ccc4c(c3)OCCO4)C3CCN(CC=Cc4ccccc4)CC3)ccc2[nH]c1=O. The molecular formula is C34H36N2O3. The van der Waals surface area contributed by atoms with Crippen molar-refractivity contribution in [2.24, 2.45) is 5.92 Å². The molecule has 1 atom stereocenters. The first-order valence-corrected chi connectivity index (χ1v) is 14.2. The first-order valence-electron chi connectivity index (χ1n) is 14.2. The fraction of sp³-hybridized carbons (Fsp3) is 0.324. The van der Waals surface area contributed by atoms with Crippen molar-refractivity contribution in [1.82, 2.24) is 9.88 Å². The van der Waals surface area contributed by atoms with Crippen LogP contribution in [0.15, 0.2) is 83.7 Å². The van der Waals surface area contributed by atoms with Gasteiger partial charge in [-0.3, -0.25) is 9.69 Å². The first kappa shape index (κ1) is 25.4. The molecule has 1 N–H and O–H groups in total. The maximum absolute atomic E-state index is 12.4. The average molecular weight is 521 g/mol. The quantitative estimate of drug-likeness (QED) is 0.306. The molecule has 0 bridgehead atoms. The second kappa shape index (κ2) is 11.5. The number of benzene rings is 3. The molecule has 0 spiro atoms. The molecule has 5 nitrogen and oxygen atoms in total. The Kier molecular flexibility index (Phi) is 7.51. The Morgan fingerprint density at radius 1 is 0.923 bits per heavy atom. The van der Waals surface area contributed by atoms with Crippen molar-refractivity contribution in [3.05, 3.63) is 111 Å². The number of nitrogens with one attached hydrogen (secondary N) is 1. The van der Waals surface area contributed by atoms with Crippen LogP contribution in [0.5, 0.6) is 11.5 Å². The van der Waals surface area contributed by atoms with Crippen LogP contribution in [0.3, 0.4) is 0 Å². The third-order valence-electron chi connectivity index (χ3n) is 8.19. The molecule has 0 radical (unpaired) electrons. The minimum Gasteiger partial charge on any atom is -0.486 e. The highest BCUT2D eigenvalue weighted by molar-refractivity contribution is 5.80. The Morgan fingerprint density at radius 3 is 2.46 bits per heavy atom. The molecular weight excluding hydrogens is 484 g/mol. The average Bonchev–Trinajstić information content (AvgIpc) is 2.98. The van der Waals surface area contributed by atoms with Crippen LogP contribution in [-0.2, 0) is 6.42 Å². The summed E-state index contributed by atoms with van der Waals surface area (Å²) in [6, 6.07) is 25.6. The third-order valence-corrected chi connectivity index (χ3v) is 8.19. The number of hydrogen-bond acceptors (Lipinski definition) is 4. The molecule has 0 saturated carbocycles. The van der Waals surface area contributed by atoms with Crippen molar-refractivity contribution >= 4 is 17.0 Å². The van der Waals surface area contributed by atoms with Crippen molar-refractivity contribution in [3.63, 3.8) is 0 Å². The van der Waals surface area contributed by atoms with Gasteiger partial charge in [0.2, 0.25) is 0 Å². The van der Waals surface area contributed by atoms with Crippen LogP contribution in [0.1, 0.15) is 47.9 Å². The Hall–Kier alpha value is -3.83. The number of aromatic nitrogens is 1. The summed E-state index contributed by atoms with van der Waals surface area (Å²) in [5.74, 6) is 2.41. The van der Waals surface area contributed by atoms with Crippen LogP contribution in [0.4, 0.5) is 0 Å². The lowest BCUT2D eigenvalue weighted by molar-refractivity contribution is 0.170. The van der Waals surface area contributed by atoms with E-state index in [4.69, 9.17) is 9.47 Å². The molecule has 1 aromatic heterocycles. The van der Waals surface area contributed by atoms with E-state index in [-0.39, 0.29) is 11.5 Å². The van der Waals surface area contributed by atoms with Crippen LogP contribution < -0.4 is 15.0 Å². The number of aromatic amines is 1. The predicted molar refractivity (Wildman–Crippen MR) is 158 cm³/mol. The van der Waals surface area contributed by atoms with E-state index < -0.39 is 0 Å². The van der Waals surface area contributed by atoms with Crippen LogP contribution in [0, 0.1) is 5.92 Å². The number of rotatable bonds is 7. The molecule has 1 unspecified atom stereocenters. The van der Waals surface area contributed by atoms with Crippen molar-refractivity contribution < 1.29 is 9.47 Å². The van der Waals surface area contributed by atoms with Gasteiger partial charge in [-0.05, 0) is 90.7 Å². The lowest BCUT2D eigenvalue weighted by Crippen LogP contribution is -2.36. The summed E-state index contributed by atoms with van der Waals surface area (Å²) >= 11 is 0. The summed E-state index contributed by atoms with van der Waals surface area (Å²) in [4.78, 5) is 18.0. The molecule has 200 valence electrons. The highest BCUT2D eigenvalue weighted by Gasteiger charge is 2.30. The molecule has 1 saturated heterocycles. The molecule has 3 aromatic carbocycles. The minimum atomic E-state index is 0.00909. The summed E-state index contributed by atoms with van der Waals surface area (Å²) in [5, 5.41) is 1.09. The van der Waals surface area contributed by atoms with E-state index in [1.807, 2.05) is 6.92 Å². The zero-order valence-electron chi connectivity index (χ0n) is 22.6. The fourth-order valence-electron chi connectivity index (χ4n) is 6.09. The maximum atomic E-state index is 12.4. The minimum absolute atomic E-state index is 0.00909. The van der Waals surface area contributed by atoms with Gasteiger partial charge in [0, 0.05) is 23.5 Å². The van der Waals surface area contributed by atoms with Gasteiger partial charge in [-0.1, -0.05) is 61.5 Å². The Morgan fingerprint density at radius 2 is 1.67 bits per heavy atom. The molecule has 0 aliphatic carbocycles. The molecule has 4 aromatic rings.